The van der Waals surface area contributed by atoms with Gasteiger partial charge in [-0.25, -0.2) is 0 Å². The Balaban J connectivity index is 1.53. The number of esters is 1. The molecule has 4 rings (SSSR count). The van der Waals surface area contributed by atoms with Gasteiger partial charge in [0.15, 0.2) is 5.78 Å². The molecule has 1 fully saturated rings. The SMILES string of the molecule is CCOC(=O)C1CCN(c2ccc(C(CC(=O)c3ccnc(C)c3)c3ccccc3C)cc2)CC1. The molecule has 182 valence electrons. The van der Waals surface area contributed by atoms with Crippen LogP contribution in [-0.4, -0.2) is 36.4 Å². The van der Waals surface area contributed by atoms with Crippen molar-refractivity contribution in [3.63, 3.8) is 0 Å². The van der Waals surface area contributed by atoms with Crippen LogP contribution < -0.4 is 4.90 Å². The van der Waals surface area contributed by atoms with Crippen molar-refractivity contribution in [2.45, 2.75) is 46.0 Å². The number of anilines is 1. The van der Waals surface area contributed by atoms with Gasteiger partial charge in [0.25, 0.3) is 0 Å². The summed E-state index contributed by atoms with van der Waals surface area (Å²) in [5, 5.41) is 0. The van der Waals surface area contributed by atoms with E-state index in [1.807, 2.05) is 32.0 Å². The molecule has 0 spiro atoms. The number of piperidine rings is 1. The summed E-state index contributed by atoms with van der Waals surface area (Å²) in [5.74, 6) is 0.0195. The zero-order valence-electron chi connectivity index (χ0n) is 20.9. The van der Waals surface area contributed by atoms with Crippen molar-refractivity contribution in [2.75, 3.05) is 24.6 Å². The number of aromatic nitrogens is 1. The smallest absolute Gasteiger partial charge is 0.309 e. The van der Waals surface area contributed by atoms with Gasteiger partial charge in [0.05, 0.1) is 12.5 Å². The molecular formula is C30H34N2O3. The van der Waals surface area contributed by atoms with Crippen LogP contribution in [0.1, 0.15) is 64.8 Å². The van der Waals surface area contributed by atoms with Crippen LogP contribution in [0.4, 0.5) is 5.69 Å². The first-order chi connectivity index (χ1) is 17.0. The summed E-state index contributed by atoms with van der Waals surface area (Å²) in [6, 6.07) is 20.5. The summed E-state index contributed by atoms with van der Waals surface area (Å²) in [6.45, 7) is 7.97. The fraction of sp³-hybridized carbons (Fsp3) is 0.367. The van der Waals surface area contributed by atoms with E-state index in [0.29, 0.717) is 18.6 Å². The van der Waals surface area contributed by atoms with Gasteiger partial charge >= 0.3 is 5.97 Å². The first kappa shape index (κ1) is 24.6. The highest BCUT2D eigenvalue weighted by molar-refractivity contribution is 5.96. The van der Waals surface area contributed by atoms with Gasteiger partial charge in [0.2, 0.25) is 0 Å². The molecule has 0 bridgehead atoms. The number of ketones is 1. The summed E-state index contributed by atoms with van der Waals surface area (Å²) >= 11 is 0. The van der Waals surface area contributed by atoms with Crippen LogP contribution in [-0.2, 0) is 9.53 Å². The quantitative estimate of drug-likeness (QED) is 0.304. The molecule has 35 heavy (non-hydrogen) atoms. The van der Waals surface area contributed by atoms with Gasteiger partial charge in [0, 0.05) is 48.6 Å². The van der Waals surface area contributed by atoms with Crippen molar-refractivity contribution in [3.8, 4) is 0 Å². The van der Waals surface area contributed by atoms with Gasteiger partial charge in [0.1, 0.15) is 0 Å². The minimum Gasteiger partial charge on any atom is -0.466 e. The molecule has 3 aromatic rings. The normalized spacial score (nSPS) is 15.0. The summed E-state index contributed by atoms with van der Waals surface area (Å²) in [6.07, 6.45) is 3.72. The van der Waals surface area contributed by atoms with Crippen molar-refractivity contribution in [2.24, 2.45) is 5.92 Å². The second-order valence-corrected chi connectivity index (χ2v) is 9.33. The van der Waals surface area contributed by atoms with Crippen molar-refractivity contribution >= 4 is 17.4 Å². The summed E-state index contributed by atoms with van der Waals surface area (Å²) in [5.41, 5.74) is 6.19. The highest BCUT2D eigenvalue weighted by Gasteiger charge is 2.26. The van der Waals surface area contributed by atoms with E-state index in [-0.39, 0.29) is 23.6 Å². The Labute approximate surface area is 208 Å². The molecule has 0 amide bonds. The molecule has 0 aliphatic carbocycles. The highest BCUT2D eigenvalue weighted by atomic mass is 16.5. The Kier molecular flexibility index (Phi) is 7.96. The number of ether oxygens (including phenoxy) is 1. The van der Waals surface area contributed by atoms with E-state index in [9.17, 15) is 9.59 Å². The standard InChI is InChI=1S/C30H34N2O3/c1-4-35-30(34)24-14-17-32(18-15-24)26-11-9-23(10-12-26)28(27-8-6-5-7-21(27)2)20-29(33)25-13-16-31-22(3)19-25/h5-13,16,19,24,28H,4,14-15,17-18,20H2,1-3H3. The molecule has 2 heterocycles. The number of carbonyl (C=O) groups is 2. The lowest BCUT2D eigenvalue weighted by molar-refractivity contribution is -0.148. The molecule has 1 aliphatic heterocycles. The van der Waals surface area contributed by atoms with Crippen molar-refractivity contribution < 1.29 is 14.3 Å². The minimum atomic E-state index is -0.0716. The second kappa shape index (κ2) is 11.3. The van der Waals surface area contributed by atoms with Gasteiger partial charge in [-0.15, -0.1) is 0 Å². The van der Waals surface area contributed by atoms with Crippen LogP contribution in [0, 0.1) is 19.8 Å². The van der Waals surface area contributed by atoms with E-state index in [0.717, 1.165) is 42.9 Å². The zero-order valence-corrected chi connectivity index (χ0v) is 20.9. The summed E-state index contributed by atoms with van der Waals surface area (Å²) < 4.78 is 5.20. The molecule has 1 aromatic heterocycles. The van der Waals surface area contributed by atoms with E-state index in [4.69, 9.17) is 4.74 Å². The molecule has 0 saturated carbocycles. The zero-order chi connectivity index (χ0) is 24.8. The molecule has 0 N–H and O–H groups in total. The number of hydrogen-bond donors (Lipinski definition) is 0. The number of benzene rings is 2. The number of pyridine rings is 1. The first-order valence-electron chi connectivity index (χ1n) is 12.5. The third kappa shape index (κ3) is 5.97. The second-order valence-electron chi connectivity index (χ2n) is 9.33. The average Bonchev–Trinajstić information content (AvgIpc) is 2.88. The number of rotatable bonds is 8. The fourth-order valence-corrected chi connectivity index (χ4v) is 4.96. The monoisotopic (exact) mass is 470 g/mol. The van der Waals surface area contributed by atoms with Crippen LogP contribution in [0.25, 0.3) is 0 Å². The van der Waals surface area contributed by atoms with Crippen molar-refractivity contribution in [1.82, 2.24) is 4.98 Å². The molecule has 0 radical (unpaired) electrons. The van der Waals surface area contributed by atoms with Gasteiger partial charge in [-0.2, -0.15) is 0 Å². The summed E-state index contributed by atoms with van der Waals surface area (Å²) in [7, 11) is 0. The maximum atomic E-state index is 13.2. The van der Waals surface area contributed by atoms with Crippen molar-refractivity contribution in [3.05, 3.63) is 94.8 Å². The predicted octanol–water partition coefficient (Wildman–Crippen LogP) is 5.88. The molecule has 1 unspecified atom stereocenters. The maximum absolute atomic E-state index is 13.2. The van der Waals surface area contributed by atoms with E-state index < -0.39 is 0 Å². The Morgan fingerprint density at radius 3 is 2.40 bits per heavy atom. The topological polar surface area (TPSA) is 59.5 Å². The Hall–Kier alpha value is -3.47. The first-order valence-corrected chi connectivity index (χ1v) is 12.5. The third-order valence-electron chi connectivity index (χ3n) is 6.95. The van der Waals surface area contributed by atoms with Gasteiger partial charge in [-0.1, -0.05) is 36.4 Å². The number of carbonyl (C=O) groups excluding carboxylic acids is 2. The third-order valence-corrected chi connectivity index (χ3v) is 6.95. The molecular weight excluding hydrogens is 436 g/mol. The lowest BCUT2D eigenvalue weighted by atomic mass is 9.83. The summed E-state index contributed by atoms with van der Waals surface area (Å²) in [4.78, 5) is 31.9. The Morgan fingerprint density at radius 2 is 1.74 bits per heavy atom. The molecule has 5 nitrogen and oxygen atoms in total. The number of Topliss-reactive ketones (excluding diaryl/α,β-unsaturated/α-hetero) is 1. The Bertz CT molecular complexity index is 1160. The van der Waals surface area contributed by atoms with Crippen molar-refractivity contribution in [1.29, 1.82) is 0 Å². The molecule has 1 aliphatic rings. The molecule has 1 saturated heterocycles. The minimum absolute atomic E-state index is 0.00116. The number of nitrogens with zero attached hydrogens (tertiary/aromatic N) is 2. The molecule has 1 atom stereocenters. The van der Waals surface area contributed by atoms with Gasteiger partial charge < -0.3 is 9.64 Å². The largest absolute Gasteiger partial charge is 0.466 e. The van der Waals surface area contributed by atoms with Crippen LogP contribution in [0.3, 0.4) is 0 Å². The van der Waals surface area contributed by atoms with Gasteiger partial charge in [-0.3, -0.25) is 14.6 Å². The van der Waals surface area contributed by atoms with Gasteiger partial charge in [-0.05, 0) is 74.6 Å². The molecule has 2 aromatic carbocycles. The predicted molar refractivity (Wildman–Crippen MR) is 139 cm³/mol. The van der Waals surface area contributed by atoms with E-state index in [1.165, 1.54) is 11.1 Å². The van der Waals surface area contributed by atoms with Crippen LogP contribution in [0.15, 0.2) is 66.9 Å². The highest BCUT2D eigenvalue weighted by Crippen LogP contribution is 2.33. The van der Waals surface area contributed by atoms with E-state index in [1.54, 1.807) is 12.3 Å². The van der Waals surface area contributed by atoms with E-state index >= 15 is 0 Å². The Morgan fingerprint density at radius 1 is 1.03 bits per heavy atom. The lowest BCUT2D eigenvalue weighted by Crippen LogP contribution is -2.36. The molecule has 5 heteroatoms. The number of hydrogen-bond acceptors (Lipinski definition) is 5. The number of aryl methyl sites for hydroxylation is 2. The lowest BCUT2D eigenvalue weighted by Gasteiger charge is -2.33. The van der Waals surface area contributed by atoms with E-state index in [2.05, 4.69) is 53.2 Å². The average molecular weight is 471 g/mol. The fourth-order valence-electron chi connectivity index (χ4n) is 4.96. The van der Waals surface area contributed by atoms with Crippen LogP contribution in [0.2, 0.25) is 0 Å². The maximum Gasteiger partial charge on any atom is 0.309 e. The van der Waals surface area contributed by atoms with Crippen LogP contribution in [0.5, 0.6) is 0 Å². The van der Waals surface area contributed by atoms with Crippen LogP contribution >= 0.6 is 0 Å².